The Labute approximate surface area is 594 Å². The van der Waals surface area contributed by atoms with Crippen molar-refractivity contribution in [3.8, 4) is 34.8 Å². The van der Waals surface area contributed by atoms with Crippen molar-refractivity contribution in [1.29, 1.82) is 0 Å². The summed E-state index contributed by atoms with van der Waals surface area (Å²) in [5.41, 5.74) is 5.88. The standard InChI is InChI=1S/C73H97N9O20/c1-47(2)68(79-66(84)15-20-93-22-24-95-26-28-97-30-32-99-34-35-100-33-31-98-29-27-96-25-23-94-21-16-74-65(83)14-17-80-67(85)36-48(3)71(80)88)70(87)77-49(4)69(86)78-54-12-10-51(11-13-54)53-38-56-44-76-60-42-64(62(92-6)40-58(60)73(90)82(56)46-53)102-19-7-18-101-63-41-59-57(39-61(63)91-5)72(89)81-45-52(50-8-9-50)37-55(81)43-75-59/h10-13,36,39-47,49-50,55-56,68,85,88H,7-9,14-35,37-38H2,1-6H3,(H,74,83)(H,77,87)(H,78,86)(H,79,84). The number of ether oxygens (including phenoxy) is 12. The monoisotopic (exact) mass is 1420 g/mol. The summed E-state index contributed by atoms with van der Waals surface area (Å²) in [4.78, 5) is 92.3. The SMILES string of the molecule is COc1cc2c(cc1OCCCOc1cc3c(cc1OC)C(=O)N1C=C(C4CC4)CC1C=N3)N=CC1CC(c3ccc(NC(=O)C(C)NC(=O)C(NC(=O)CCOCCOCCOCCOCCOCCOCCOCCOCCNC(=O)CCn4c(O)cc(C)c4O)C(C)C)cc3)=CN1C2=O. The van der Waals surface area contributed by atoms with Crippen LogP contribution in [0.15, 0.2) is 82.6 Å². The van der Waals surface area contributed by atoms with Gasteiger partial charge < -0.3 is 98.1 Å². The number of hydrogen-bond donors (Lipinski definition) is 6. The average molecular weight is 1420 g/mol. The number of aryl methyl sites for hydroxylation is 1. The van der Waals surface area contributed by atoms with Gasteiger partial charge in [0.15, 0.2) is 34.8 Å². The van der Waals surface area contributed by atoms with E-state index >= 15 is 0 Å². The number of aromatic hydroxyl groups is 2. The van der Waals surface area contributed by atoms with Gasteiger partial charge in [0.1, 0.15) is 12.1 Å². The molecule has 4 unspecified atom stereocenters. The molecule has 0 saturated heterocycles. The van der Waals surface area contributed by atoms with E-state index < -0.39 is 23.9 Å². The first-order valence-electron chi connectivity index (χ1n) is 34.8. The Bertz CT molecular complexity index is 3610. The van der Waals surface area contributed by atoms with E-state index in [9.17, 15) is 39.0 Å². The fraction of sp³-hybridized carbons (Fsp3) is 0.534. The second kappa shape index (κ2) is 39.5. The van der Waals surface area contributed by atoms with E-state index in [1.54, 1.807) is 80.1 Å². The highest BCUT2D eigenvalue weighted by molar-refractivity contribution is 6.06. The third-order valence-corrected chi connectivity index (χ3v) is 17.3. The molecule has 5 aliphatic rings. The molecule has 1 fully saturated rings. The van der Waals surface area contributed by atoms with Crippen molar-refractivity contribution in [2.75, 3.05) is 145 Å². The Morgan fingerprint density at radius 1 is 0.569 bits per heavy atom. The molecule has 1 saturated carbocycles. The van der Waals surface area contributed by atoms with Gasteiger partial charge >= 0.3 is 0 Å². The quantitative estimate of drug-likeness (QED) is 0.0254. The molecule has 1 aliphatic carbocycles. The molecule has 6 amide bonds. The minimum atomic E-state index is -0.937. The Balaban J connectivity index is 0.568. The van der Waals surface area contributed by atoms with E-state index in [0.29, 0.717) is 175 Å². The van der Waals surface area contributed by atoms with Crippen molar-refractivity contribution in [2.24, 2.45) is 21.8 Å². The smallest absolute Gasteiger partial charge is 0.260 e. The van der Waals surface area contributed by atoms with E-state index in [-0.39, 0.29) is 99.2 Å². The molecule has 102 heavy (non-hydrogen) atoms. The van der Waals surface area contributed by atoms with Crippen LogP contribution in [0.1, 0.15) is 97.6 Å². The maximum atomic E-state index is 14.1. The Morgan fingerprint density at radius 3 is 1.56 bits per heavy atom. The number of amides is 6. The summed E-state index contributed by atoms with van der Waals surface area (Å²) in [6.07, 6.45) is 11.7. The first kappa shape index (κ1) is 77.2. The van der Waals surface area contributed by atoms with Gasteiger partial charge in [-0.2, -0.15) is 0 Å². The Hall–Kier alpha value is -8.94. The molecule has 29 heteroatoms. The first-order valence-corrected chi connectivity index (χ1v) is 34.8. The number of anilines is 1. The molecule has 0 radical (unpaired) electrons. The third-order valence-electron chi connectivity index (χ3n) is 17.3. The normalized spacial score (nSPS) is 16.5. The fourth-order valence-electron chi connectivity index (χ4n) is 11.5. The van der Waals surface area contributed by atoms with Gasteiger partial charge in [0.2, 0.25) is 23.6 Å². The van der Waals surface area contributed by atoms with Crippen LogP contribution in [0.4, 0.5) is 17.1 Å². The predicted molar refractivity (Wildman–Crippen MR) is 377 cm³/mol. The molecule has 4 aromatic rings. The number of nitrogens with zero attached hydrogens (tertiary/aromatic N) is 5. The van der Waals surface area contributed by atoms with Gasteiger partial charge in [-0.1, -0.05) is 26.0 Å². The van der Waals surface area contributed by atoms with Crippen LogP contribution in [0.3, 0.4) is 0 Å². The largest absolute Gasteiger partial charge is 0.494 e. The lowest BCUT2D eigenvalue weighted by Gasteiger charge is -2.24. The van der Waals surface area contributed by atoms with Crippen LogP contribution in [0, 0.1) is 18.8 Å². The lowest BCUT2D eigenvalue weighted by Crippen LogP contribution is -2.53. The van der Waals surface area contributed by atoms with Gasteiger partial charge in [-0.15, -0.1) is 0 Å². The minimum Gasteiger partial charge on any atom is -0.494 e. The number of nitrogens with one attached hydrogen (secondary N) is 4. The molecule has 5 heterocycles. The Morgan fingerprint density at radius 2 is 1.07 bits per heavy atom. The number of carbonyl (C=O) groups is 6. The van der Waals surface area contributed by atoms with Crippen LogP contribution in [0.2, 0.25) is 0 Å². The van der Waals surface area contributed by atoms with Crippen LogP contribution in [0.5, 0.6) is 34.8 Å². The molecule has 6 N–H and O–H groups in total. The van der Waals surface area contributed by atoms with Gasteiger partial charge in [-0.25, -0.2) is 0 Å². The zero-order valence-corrected chi connectivity index (χ0v) is 59.0. The van der Waals surface area contributed by atoms with Crippen LogP contribution in [-0.4, -0.2) is 236 Å². The highest BCUT2D eigenvalue weighted by atomic mass is 16.6. The van der Waals surface area contributed by atoms with Crippen molar-refractivity contribution in [3.05, 3.63) is 94.8 Å². The first-order chi connectivity index (χ1) is 49.5. The second-order valence-corrected chi connectivity index (χ2v) is 25.2. The van der Waals surface area contributed by atoms with Crippen molar-refractivity contribution in [2.45, 2.75) is 103 Å². The van der Waals surface area contributed by atoms with Crippen molar-refractivity contribution >= 4 is 70.5 Å². The topological polar surface area (TPSA) is 338 Å². The second-order valence-electron chi connectivity index (χ2n) is 25.2. The highest BCUT2D eigenvalue weighted by Gasteiger charge is 2.39. The van der Waals surface area contributed by atoms with Crippen LogP contribution >= 0.6 is 0 Å². The number of carbonyl (C=O) groups excluding carboxylic acids is 6. The number of benzene rings is 3. The van der Waals surface area contributed by atoms with Gasteiger partial charge in [0.25, 0.3) is 11.8 Å². The molecule has 554 valence electrons. The van der Waals surface area contributed by atoms with Gasteiger partial charge in [0.05, 0.1) is 168 Å². The summed E-state index contributed by atoms with van der Waals surface area (Å²) in [6, 6.07) is 13.1. The van der Waals surface area contributed by atoms with E-state index in [4.69, 9.17) is 66.8 Å². The van der Waals surface area contributed by atoms with Crippen LogP contribution < -0.4 is 40.2 Å². The van der Waals surface area contributed by atoms with E-state index in [1.165, 1.54) is 43.3 Å². The van der Waals surface area contributed by atoms with Crippen molar-refractivity contribution in [1.82, 2.24) is 30.3 Å². The number of fused-ring (bicyclic) bond motifs is 4. The minimum absolute atomic E-state index is 0.0165. The van der Waals surface area contributed by atoms with Crippen LogP contribution in [0.25, 0.3) is 5.57 Å². The number of methoxy groups -OCH3 is 2. The number of aromatic nitrogens is 1. The van der Waals surface area contributed by atoms with Crippen molar-refractivity contribution < 1.29 is 95.8 Å². The number of rotatable bonds is 46. The molecule has 0 bridgehead atoms. The highest BCUT2D eigenvalue weighted by Crippen LogP contribution is 2.45. The third kappa shape index (κ3) is 22.5. The van der Waals surface area contributed by atoms with E-state index in [2.05, 4.69) is 21.3 Å². The summed E-state index contributed by atoms with van der Waals surface area (Å²) >= 11 is 0. The summed E-state index contributed by atoms with van der Waals surface area (Å²) < 4.78 is 69.1. The number of aliphatic imine (C=N–C) groups is 2. The van der Waals surface area contributed by atoms with Crippen molar-refractivity contribution in [3.63, 3.8) is 0 Å². The molecule has 29 nitrogen and oxygen atoms in total. The lowest BCUT2D eigenvalue weighted by molar-refractivity contribution is -0.132. The summed E-state index contributed by atoms with van der Waals surface area (Å²) in [5.74, 6) is -0.0637. The van der Waals surface area contributed by atoms with E-state index in [1.807, 2.05) is 30.7 Å². The summed E-state index contributed by atoms with van der Waals surface area (Å²) in [5, 5.41) is 30.8. The Kier molecular flexibility index (Phi) is 29.9. The number of hydrogen-bond acceptors (Lipinski definition) is 22. The lowest BCUT2D eigenvalue weighted by atomic mass is 10.0. The summed E-state index contributed by atoms with van der Waals surface area (Å²) in [6.45, 7) is 13.6. The maximum absolute atomic E-state index is 14.1. The zero-order chi connectivity index (χ0) is 72.3. The molecule has 1 aromatic heterocycles. The van der Waals surface area contributed by atoms with Gasteiger partial charge in [-0.3, -0.25) is 43.3 Å². The maximum Gasteiger partial charge on any atom is 0.260 e. The molecule has 3 aromatic carbocycles. The van der Waals surface area contributed by atoms with E-state index in [0.717, 1.165) is 17.6 Å². The molecule has 4 atom stereocenters. The molecular weight excluding hydrogens is 1320 g/mol. The summed E-state index contributed by atoms with van der Waals surface area (Å²) in [7, 11) is 3.05. The zero-order valence-electron chi connectivity index (χ0n) is 59.0. The van der Waals surface area contributed by atoms with Gasteiger partial charge in [0, 0.05) is 93.1 Å². The average Bonchev–Trinajstić information content (AvgIpc) is 1.61. The fourth-order valence-corrected chi connectivity index (χ4v) is 11.5. The van der Waals surface area contributed by atoms with Gasteiger partial charge in [-0.05, 0) is 85.9 Å². The molecule has 4 aliphatic heterocycles. The molecular formula is C73H97N9O20. The predicted octanol–water partition coefficient (Wildman–Crippen LogP) is 6.58. The molecule has 0 spiro atoms. The molecule has 9 rings (SSSR count). The van der Waals surface area contributed by atoms with Crippen LogP contribution in [-0.2, 0) is 63.6 Å².